The van der Waals surface area contributed by atoms with Crippen LogP contribution in [-0.2, 0) is 11.3 Å². The Labute approximate surface area is 146 Å². The number of hydrogen-bond acceptors (Lipinski definition) is 3. The predicted octanol–water partition coefficient (Wildman–Crippen LogP) is 2.70. The van der Waals surface area contributed by atoms with E-state index in [-0.39, 0.29) is 5.91 Å². The van der Waals surface area contributed by atoms with E-state index in [1.807, 2.05) is 58.1 Å². The van der Waals surface area contributed by atoms with Crippen molar-refractivity contribution in [2.75, 3.05) is 31.1 Å². The van der Waals surface area contributed by atoms with Crippen LogP contribution in [-0.4, -0.2) is 46.7 Å². The van der Waals surface area contributed by atoms with E-state index in [1.54, 1.807) is 6.07 Å². The number of phenols is 1. The van der Waals surface area contributed by atoms with Gasteiger partial charge in [-0.3, -0.25) is 4.79 Å². The highest BCUT2D eigenvalue weighted by Crippen LogP contribution is 2.27. The number of phenolic OH excluding ortho intramolecular Hbond substituents is 1. The number of fused-ring (bicyclic) bond motifs is 1. The normalized spacial score (nSPS) is 14.9. The van der Waals surface area contributed by atoms with E-state index in [4.69, 9.17) is 0 Å². The molecule has 2 aromatic carbocycles. The van der Waals surface area contributed by atoms with Gasteiger partial charge < -0.3 is 19.5 Å². The van der Waals surface area contributed by atoms with Crippen LogP contribution in [0.3, 0.4) is 0 Å². The SMILES string of the molecule is O=C(Cn1ccc2ccccc21)N1CCN(c2ccccc2O)CC1. The molecule has 1 saturated heterocycles. The molecule has 5 nitrogen and oxygen atoms in total. The smallest absolute Gasteiger partial charge is 0.242 e. The van der Waals surface area contributed by atoms with Crippen LogP contribution in [0, 0.1) is 0 Å². The first-order chi connectivity index (χ1) is 12.2. The number of aromatic hydroxyl groups is 1. The van der Waals surface area contributed by atoms with Gasteiger partial charge in [0.25, 0.3) is 0 Å². The molecule has 0 saturated carbocycles. The number of hydrogen-bond donors (Lipinski definition) is 1. The minimum atomic E-state index is 0.137. The first kappa shape index (κ1) is 15.6. The number of carbonyl (C=O) groups excluding carboxylic acids is 1. The molecule has 1 aliphatic rings. The van der Waals surface area contributed by atoms with Gasteiger partial charge >= 0.3 is 0 Å². The summed E-state index contributed by atoms with van der Waals surface area (Å²) in [4.78, 5) is 16.7. The molecular weight excluding hydrogens is 314 g/mol. The van der Waals surface area contributed by atoms with E-state index >= 15 is 0 Å². The summed E-state index contributed by atoms with van der Waals surface area (Å²) in [5.41, 5.74) is 1.93. The predicted molar refractivity (Wildman–Crippen MR) is 98.8 cm³/mol. The number of piperazine rings is 1. The molecule has 0 radical (unpaired) electrons. The number of para-hydroxylation sites is 3. The van der Waals surface area contributed by atoms with Gasteiger partial charge in [0.15, 0.2) is 0 Å². The zero-order valence-electron chi connectivity index (χ0n) is 14.0. The summed E-state index contributed by atoms with van der Waals surface area (Å²) in [6.45, 7) is 3.17. The van der Waals surface area contributed by atoms with E-state index in [2.05, 4.69) is 11.0 Å². The van der Waals surface area contributed by atoms with Crippen LogP contribution in [0.4, 0.5) is 5.69 Å². The van der Waals surface area contributed by atoms with Crippen LogP contribution in [0.5, 0.6) is 5.75 Å². The molecule has 0 atom stereocenters. The summed E-state index contributed by atoms with van der Waals surface area (Å²) in [7, 11) is 0. The van der Waals surface area contributed by atoms with Crippen molar-refractivity contribution in [2.24, 2.45) is 0 Å². The van der Waals surface area contributed by atoms with Crippen molar-refractivity contribution in [3.63, 3.8) is 0 Å². The van der Waals surface area contributed by atoms with E-state index < -0.39 is 0 Å². The van der Waals surface area contributed by atoms with Gasteiger partial charge in [-0.2, -0.15) is 0 Å². The van der Waals surface area contributed by atoms with Gasteiger partial charge in [-0.1, -0.05) is 30.3 Å². The number of benzene rings is 2. The summed E-state index contributed by atoms with van der Waals surface area (Å²) in [6.07, 6.45) is 1.97. The summed E-state index contributed by atoms with van der Waals surface area (Å²) in [5.74, 6) is 0.430. The molecule has 1 aliphatic heterocycles. The minimum Gasteiger partial charge on any atom is -0.506 e. The van der Waals surface area contributed by atoms with Crippen LogP contribution in [0.1, 0.15) is 0 Å². The van der Waals surface area contributed by atoms with Gasteiger partial charge in [0, 0.05) is 37.9 Å². The molecule has 5 heteroatoms. The Kier molecular flexibility index (Phi) is 4.06. The molecule has 4 rings (SSSR count). The summed E-state index contributed by atoms with van der Waals surface area (Å²) >= 11 is 0. The van der Waals surface area contributed by atoms with Crippen LogP contribution in [0.2, 0.25) is 0 Å². The molecule has 0 spiro atoms. The van der Waals surface area contributed by atoms with Crippen molar-refractivity contribution < 1.29 is 9.90 Å². The molecule has 1 fully saturated rings. The first-order valence-corrected chi connectivity index (χ1v) is 8.57. The lowest BCUT2D eigenvalue weighted by molar-refractivity contribution is -0.132. The van der Waals surface area contributed by atoms with Crippen LogP contribution in [0.15, 0.2) is 60.8 Å². The second kappa shape index (κ2) is 6.51. The third-order valence-corrected chi connectivity index (χ3v) is 4.84. The largest absolute Gasteiger partial charge is 0.506 e. The van der Waals surface area contributed by atoms with Crippen molar-refractivity contribution in [3.05, 3.63) is 60.8 Å². The lowest BCUT2D eigenvalue weighted by Crippen LogP contribution is -2.49. The molecule has 25 heavy (non-hydrogen) atoms. The fourth-order valence-corrected chi connectivity index (χ4v) is 3.45. The highest BCUT2D eigenvalue weighted by Gasteiger charge is 2.22. The Bertz CT molecular complexity index is 895. The molecule has 1 aromatic heterocycles. The van der Waals surface area contributed by atoms with E-state index in [0.717, 1.165) is 29.7 Å². The summed E-state index contributed by atoms with van der Waals surface area (Å²) in [5, 5.41) is 11.1. The van der Waals surface area contributed by atoms with Crippen molar-refractivity contribution in [2.45, 2.75) is 6.54 Å². The standard InChI is InChI=1S/C20H21N3O2/c24-19-8-4-3-7-18(19)21-11-13-22(14-12-21)20(25)15-23-10-9-16-5-1-2-6-17(16)23/h1-10,24H,11-15H2. The zero-order chi connectivity index (χ0) is 17.2. The molecule has 2 heterocycles. The Balaban J connectivity index is 1.41. The van der Waals surface area contributed by atoms with Crippen molar-refractivity contribution in [3.8, 4) is 5.75 Å². The first-order valence-electron chi connectivity index (χ1n) is 8.57. The Hall–Kier alpha value is -2.95. The Morgan fingerprint density at radius 2 is 1.64 bits per heavy atom. The van der Waals surface area contributed by atoms with Crippen LogP contribution >= 0.6 is 0 Å². The second-order valence-electron chi connectivity index (χ2n) is 6.36. The average Bonchev–Trinajstić information content (AvgIpc) is 3.05. The zero-order valence-corrected chi connectivity index (χ0v) is 14.0. The fourth-order valence-electron chi connectivity index (χ4n) is 3.45. The van der Waals surface area contributed by atoms with Gasteiger partial charge in [-0.05, 0) is 29.7 Å². The summed E-state index contributed by atoms with van der Waals surface area (Å²) < 4.78 is 2.01. The summed E-state index contributed by atoms with van der Waals surface area (Å²) in [6, 6.07) is 17.5. The molecule has 0 aliphatic carbocycles. The number of aromatic nitrogens is 1. The molecule has 1 N–H and O–H groups in total. The maximum atomic E-state index is 12.7. The number of amides is 1. The lowest BCUT2D eigenvalue weighted by atomic mass is 10.2. The molecule has 1 amide bonds. The van der Waals surface area contributed by atoms with Gasteiger partial charge in [0.2, 0.25) is 5.91 Å². The molecule has 128 valence electrons. The molecule has 0 bridgehead atoms. The third kappa shape index (κ3) is 3.05. The van der Waals surface area contributed by atoms with E-state index in [0.29, 0.717) is 25.4 Å². The highest BCUT2D eigenvalue weighted by atomic mass is 16.3. The minimum absolute atomic E-state index is 0.137. The molecular formula is C20H21N3O2. The van der Waals surface area contributed by atoms with Crippen molar-refractivity contribution in [1.82, 2.24) is 9.47 Å². The fraction of sp³-hybridized carbons (Fsp3) is 0.250. The average molecular weight is 335 g/mol. The quantitative estimate of drug-likeness (QED) is 0.801. The monoisotopic (exact) mass is 335 g/mol. The van der Waals surface area contributed by atoms with E-state index in [1.165, 1.54) is 0 Å². The Morgan fingerprint density at radius 1 is 0.920 bits per heavy atom. The van der Waals surface area contributed by atoms with Crippen molar-refractivity contribution in [1.29, 1.82) is 0 Å². The molecule has 3 aromatic rings. The van der Waals surface area contributed by atoms with Crippen LogP contribution < -0.4 is 4.90 Å². The van der Waals surface area contributed by atoms with Gasteiger partial charge in [0.1, 0.15) is 12.3 Å². The topological polar surface area (TPSA) is 48.7 Å². The number of nitrogens with zero attached hydrogens (tertiary/aromatic N) is 3. The number of carbonyl (C=O) groups is 1. The van der Waals surface area contributed by atoms with Gasteiger partial charge in [-0.15, -0.1) is 0 Å². The maximum absolute atomic E-state index is 12.7. The second-order valence-corrected chi connectivity index (χ2v) is 6.36. The van der Waals surface area contributed by atoms with Crippen molar-refractivity contribution >= 4 is 22.5 Å². The van der Waals surface area contributed by atoms with Crippen LogP contribution in [0.25, 0.3) is 10.9 Å². The highest BCUT2D eigenvalue weighted by molar-refractivity contribution is 5.83. The molecule has 0 unspecified atom stereocenters. The van der Waals surface area contributed by atoms with E-state index in [9.17, 15) is 9.90 Å². The third-order valence-electron chi connectivity index (χ3n) is 4.84. The van der Waals surface area contributed by atoms with Gasteiger partial charge in [-0.25, -0.2) is 0 Å². The van der Waals surface area contributed by atoms with Gasteiger partial charge in [0.05, 0.1) is 5.69 Å². The maximum Gasteiger partial charge on any atom is 0.242 e. The number of anilines is 1. The number of rotatable bonds is 3. The Morgan fingerprint density at radius 3 is 2.44 bits per heavy atom. The lowest BCUT2D eigenvalue weighted by Gasteiger charge is -2.36.